The lowest BCUT2D eigenvalue weighted by Crippen LogP contribution is -2.52. The van der Waals surface area contributed by atoms with Crippen molar-refractivity contribution in [2.45, 2.75) is 77.5 Å². The van der Waals surface area contributed by atoms with Gasteiger partial charge in [0.05, 0.1) is 19.2 Å². The summed E-state index contributed by atoms with van der Waals surface area (Å²) in [5.41, 5.74) is 0.984. The van der Waals surface area contributed by atoms with Gasteiger partial charge in [0.1, 0.15) is 11.7 Å². The fourth-order valence-corrected chi connectivity index (χ4v) is 4.39. The molecule has 8 heteroatoms. The molecule has 1 aromatic rings. The maximum Gasteiger partial charge on any atom is 0.317 e. The van der Waals surface area contributed by atoms with E-state index >= 15 is 0 Å². The number of aliphatic hydroxyl groups excluding tert-OH is 1. The molecule has 34 heavy (non-hydrogen) atoms. The Morgan fingerprint density at radius 2 is 2.15 bits per heavy atom. The number of carbonyl (C=O) groups is 2. The number of carbonyl (C=O) groups excluding carboxylic acids is 2. The average Bonchev–Trinajstić information content (AvgIpc) is 3.34. The minimum atomic E-state index is -0.371. The van der Waals surface area contributed by atoms with Crippen LogP contribution >= 0.6 is 0 Å². The number of fused-ring (bicyclic) bond motifs is 1. The van der Waals surface area contributed by atoms with Gasteiger partial charge in [-0.25, -0.2) is 9.78 Å². The Hall–Kier alpha value is -2.79. The van der Waals surface area contributed by atoms with Crippen LogP contribution in [0, 0.1) is 17.8 Å². The van der Waals surface area contributed by atoms with E-state index in [4.69, 9.17) is 4.74 Å². The summed E-state index contributed by atoms with van der Waals surface area (Å²) >= 11 is 0. The molecule has 2 N–H and O–H groups in total. The molecule has 3 amide bonds. The molecule has 1 fully saturated rings. The molecule has 0 unspecified atom stereocenters. The fraction of sp³-hybridized carbons (Fsp3) is 0.654. The van der Waals surface area contributed by atoms with Crippen LogP contribution in [0.2, 0.25) is 0 Å². The van der Waals surface area contributed by atoms with Gasteiger partial charge >= 0.3 is 6.03 Å². The fourth-order valence-electron chi connectivity index (χ4n) is 4.39. The zero-order valence-corrected chi connectivity index (χ0v) is 20.8. The van der Waals surface area contributed by atoms with Gasteiger partial charge in [-0.1, -0.05) is 38.5 Å². The molecule has 0 bridgehead atoms. The molecule has 2 heterocycles. The highest BCUT2D eigenvalue weighted by Crippen LogP contribution is 2.27. The first kappa shape index (κ1) is 25.8. The number of ether oxygens (including phenoxy) is 1. The Labute approximate surface area is 203 Å². The van der Waals surface area contributed by atoms with Crippen LogP contribution in [0.1, 0.15) is 75.2 Å². The third-order valence-electron chi connectivity index (χ3n) is 6.61. The largest absolute Gasteiger partial charge is 0.472 e. The number of amides is 3. The molecule has 3 rings (SSSR count). The first-order valence-electron chi connectivity index (χ1n) is 12.4. The number of likely N-dealkylation sites (N-methyl/N-ethyl adjacent to an activating group) is 1. The summed E-state index contributed by atoms with van der Waals surface area (Å²) in [6.07, 6.45) is 7.31. The molecule has 3 atom stereocenters. The van der Waals surface area contributed by atoms with Crippen molar-refractivity contribution in [3.8, 4) is 17.7 Å². The highest BCUT2D eigenvalue weighted by molar-refractivity contribution is 5.97. The Balaban J connectivity index is 1.85. The van der Waals surface area contributed by atoms with Gasteiger partial charge in [0.25, 0.3) is 5.91 Å². The van der Waals surface area contributed by atoms with Gasteiger partial charge in [-0.05, 0) is 32.3 Å². The molecule has 1 aromatic heterocycles. The zero-order chi connectivity index (χ0) is 24.7. The lowest BCUT2D eigenvalue weighted by atomic mass is 10.00. The number of nitrogens with zero attached hydrogens (tertiary/aromatic N) is 3. The van der Waals surface area contributed by atoms with Crippen LogP contribution in [0.15, 0.2) is 12.3 Å². The SMILES string of the molecule is CCCC#Cc1cnc2c(c1)C(=O)N([C@@H](C)CO)C[C@@H](C)[C@H](CN(C)C(=O)NC1CCCC1)O2. The monoisotopic (exact) mass is 470 g/mol. The number of hydrogen-bond acceptors (Lipinski definition) is 5. The minimum Gasteiger partial charge on any atom is -0.472 e. The number of pyridine rings is 1. The topological polar surface area (TPSA) is 95.0 Å². The van der Waals surface area contributed by atoms with Crippen molar-refractivity contribution in [3.05, 3.63) is 23.4 Å². The third-order valence-corrected chi connectivity index (χ3v) is 6.61. The first-order chi connectivity index (χ1) is 16.3. The molecule has 0 aromatic carbocycles. The van der Waals surface area contributed by atoms with Crippen LogP contribution in [-0.4, -0.2) is 76.8 Å². The second-order valence-electron chi connectivity index (χ2n) is 9.56. The predicted octanol–water partition coefficient (Wildman–Crippen LogP) is 3.04. The first-order valence-corrected chi connectivity index (χ1v) is 12.4. The molecule has 1 aliphatic heterocycles. The predicted molar refractivity (Wildman–Crippen MR) is 131 cm³/mol. The van der Waals surface area contributed by atoms with Gasteiger partial charge in [0.2, 0.25) is 5.88 Å². The number of urea groups is 1. The van der Waals surface area contributed by atoms with Gasteiger partial charge in [-0.15, -0.1) is 0 Å². The number of unbranched alkanes of at least 4 members (excludes halogenated alkanes) is 1. The number of rotatable bonds is 6. The standard InChI is InChI=1S/C26H38N4O4/c1-5-6-7-10-20-13-22-24(27-14-20)34-23(18(2)15-30(25(22)32)19(3)17-31)16-29(4)26(33)28-21-11-8-9-12-21/h13-14,18-19,21,23,31H,5-6,8-9,11-12,15-17H2,1-4H3,(H,28,33)/t18-,19+,23+/m1/s1. The summed E-state index contributed by atoms with van der Waals surface area (Å²) in [6.45, 7) is 6.48. The van der Waals surface area contributed by atoms with Crippen LogP contribution in [0.5, 0.6) is 5.88 Å². The highest BCUT2D eigenvalue weighted by Gasteiger charge is 2.35. The van der Waals surface area contributed by atoms with Gasteiger partial charge in [-0.3, -0.25) is 4.79 Å². The quantitative estimate of drug-likeness (QED) is 0.623. The Morgan fingerprint density at radius 3 is 2.82 bits per heavy atom. The highest BCUT2D eigenvalue weighted by atomic mass is 16.5. The molecule has 8 nitrogen and oxygen atoms in total. The van der Waals surface area contributed by atoms with E-state index in [1.807, 2.05) is 13.8 Å². The van der Waals surface area contributed by atoms with Crippen LogP contribution in [0.25, 0.3) is 0 Å². The van der Waals surface area contributed by atoms with E-state index in [0.29, 0.717) is 24.2 Å². The van der Waals surface area contributed by atoms with E-state index in [2.05, 4.69) is 29.1 Å². The van der Waals surface area contributed by atoms with Crippen molar-refractivity contribution in [1.29, 1.82) is 0 Å². The van der Waals surface area contributed by atoms with Crippen LogP contribution in [0.3, 0.4) is 0 Å². The van der Waals surface area contributed by atoms with E-state index in [1.165, 1.54) is 0 Å². The Kier molecular flexibility index (Phi) is 9.17. The molecule has 0 saturated heterocycles. The van der Waals surface area contributed by atoms with E-state index in [9.17, 15) is 14.7 Å². The van der Waals surface area contributed by atoms with Gasteiger partial charge < -0.3 is 25.0 Å². The number of nitrogens with one attached hydrogen (secondary N) is 1. The van der Waals surface area contributed by atoms with E-state index in [-0.39, 0.29) is 48.5 Å². The minimum absolute atomic E-state index is 0.0846. The third kappa shape index (κ3) is 6.41. The van der Waals surface area contributed by atoms with Crippen molar-refractivity contribution in [3.63, 3.8) is 0 Å². The summed E-state index contributed by atoms with van der Waals surface area (Å²) < 4.78 is 6.26. The maximum atomic E-state index is 13.4. The van der Waals surface area contributed by atoms with Gasteiger partial charge in [-0.2, -0.15) is 0 Å². The summed E-state index contributed by atoms with van der Waals surface area (Å²) in [5, 5.41) is 12.9. The average molecular weight is 471 g/mol. The number of hydrogen-bond donors (Lipinski definition) is 2. The van der Waals surface area contributed by atoms with E-state index < -0.39 is 0 Å². The number of aromatic nitrogens is 1. The lowest BCUT2D eigenvalue weighted by molar-refractivity contribution is 0.0351. The second kappa shape index (κ2) is 12.1. The van der Waals surface area contributed by atoms with Gasteiger partial charge in [0, 0.05) is 43.7 Å². The molecule has 1 saturated carbocycles. The Bertz CT molecular complexity index is 919. The molecule has 1 aliphatic carbocycles. The molecule has 2 aliphatic rings. The van der Waals surface area contributed by atoms with Crippen LogP contribution in [-0.2, 0) is 0 Å². The van der Waals surface area contributed by atoms with E-state index in [0.717, 1.165) is 38.5 Å². The van der Waals surface area contributed by atoms with Crippen LogP contribution in [0.4, 0.5) is 4.79 Å². The summed E-state index contributed by atoms with van der Waals surface area (Å²) in [6, 6.07) is 1.48. The Morgan fingerprint density at radius 1 is 1.41 bits per heavy atom. The second-order valence-corrected chi connectivity index (χ2v) is 9.56. The molecular weight excluding hydrogens is 432 g/mol. The van der Waals surface area contributed by atoms with E-state index in [1.54, 1.807) is 29.1 Å². The lowest BCUT2D eigenvalue weighted by Gasteiger charge is -2.37. The summed E-state index contributed by atoms with van der Waals surface area (Å²) in [5.74, 6) is 6.06. The summed E-state index contributed by atoms with van der Waals surface area (Å²) in [4.78, 5) is 33.9. The maximum absolute atomic E-state index is 13.4. The van der Waals surface area contributed by atoms with Gasteiger partial charge in [0.15, 0.2) is 0 Å². The van der Waals surface area contributed by atoms with Crippen molar-refractivity contribution in [2.24, 2.45) is 5.92 Å². The van der Waals surface area contributed by atoms with Crippen molar-refractivity contribution >= 4 is 11.9 Å². The molecule has 0 spiro atoms. The normalized spacial score (nSPS) is 21.4. The van der Waals surface area contributed by atoms with Crippen molar-refractivity contribution in [1.82, 2.24) is 20.1 Å². The van der Waals surface area contributed by atoms with Crippen molar-refractivity contribution in [2.75, 3.05) is 26.7 Å². The number of aliphatic hydroxyl groups is 1. The molecule has 0 radical (unpaired) electrons. The molecular formula is C26H38N4O4. The smallest absolute Gasteiger partial charge is 0.317 e. The van der Waals surface area contributed by atoms with Crippen molar-refractivity contribution < 1.29 is 19.4 Å². The van der Waals surface area contributed by atoms with Crippen LogP contribution < -0.4 is 10.1 Å². The zero-order valence-electron chi connectivity index (χ0n) is 20.8. The summed E-state index contributed by atoms with van der Waals surface area (Å²) in [7, 11) is 1.76. The molecule has 186 valence electrons.